The first-order valence-electron chi connectivity index (χ1n) is 8.36. The zero-order valence-electron chi connectivity index (χ0n) is 14.7. The highest BCUT2D eigenvalue weighted by molar-refractivity contribution is 7.93. The number of carboxylic acids is 1. The quantitative estimate of drug-likeness (QED) is 0.730. The standard InChI is InChI=1S/C18H20N2O5S2/c1-12-4-6-14(7-5-12)26(23)17-15(20-8-2-3-9-20)10-13(18(21)22)11-16(17)27(19,24)25/h4-7,10-11H,2-3,8-9H2,1H3,(H,21,22)(H2,19,24,25). The van der Waals surface area contributed by atoms with Crippen LogP contribution in [0.1, 0.15) is 28.8 Å². The molecule has 0 aromatic heterocycles. The van der Waals surface area contributed by atoms with Crippen LogP contribution < -0.4 is 10.0 Å². The molecule has 1 unspecified atom stereocenters. The minimum Gasteiger partial charge on any atom is -0.606 e. The van der Waals surface area contributed by atoms with Gasteiger partial charge in [-0.3, -0.25) is 0 Å². The van der Waals surface area contributed by atoms with Crippen LogP contribution >= 0.6 is 0 Å². The van der Waals surface area contributed by atoms with Crippen LogP contribution in [0.5, 0.6) is 0 Å². The van der Waals surface area contributed by atoms with Crippen LogP contribution in [0.15, 0.2) is 51.1 Å². The summed E-state index contributed by atoms with van der Waals surface area (Å²) in [7, 11) is -4.29. The van der Waals surface area contributed by atoms with Crippen LogP contribution in [0.25, 0.3) is 0 Å². The van der Waals surface area contributed by atoms with Crippen LogP contribution in [0.2, 0.25) is 0 Å². The Morgan fingerprint density at radius 3 is 2.30 bits per heavy atom. The third-order valence-electron chi connectivity index (χ3n) is 4.46. The smallest absolute Gasteiger partial charge is 0.335 e. The minimum atomic E-state index is -4.29. The first kappa shape index (κ1) is 19.7. The maximum atomic E-state index is 13.3. The van der Waals surface area contributed by atoms with E-state index in [2.05, 4.69) is 0 Å². The molecule has 0 spiro atoms. The normalized spacial score (nSPS) is 15.7. The summed E-state index contributed by atoms with van der Waals surface area (Å²) in [5, 5.41) is 14.7. The number of aromatic carboxylic acids is 1. The van der Waals surface area contributed by atoms with Crippen LogP contribution in [0, 0.1) is 6.92 Å². The van der Waals surface area contributed by atoms with Gasteiger partial charge in [-0.15, -0.1) is 0 Å². The molecule has 1 aliphatic rings. The molecule has 1 aliphatic heterocycles. The maximum Gasteiger partial charge on any atom is 0.335 e. The summed E-state index contributed by atoms with van der Waals surface area (Å²) in [5.41, 5.74) is 1.12. The number of nitrogens with two attached hydrogens (primary N) is 1. The van der Waals surface area contributed by atoms with E-state index in [0.717, 1.165) is 24.5 Å². The summed E-state index contributed by atoms with van der Waals surface area (Å²) in [6, 6.07) is 9.26. The maximum absolute atomic E-state index is 13.3. The first-order valence-corrected chi connectivity index (χ1v) is 11.1. The number of carboxylic acid groups (broad SMARTS) is 1. The van der Waals surface area contributed by atoms with Gasteiger partial charge in [0.1, 0.15) is 4.90 Å². The Balaban J connectivity index is 2.28. The van der Waals surface area contributed by atoms with Gasteiger partial charge in [0.15, 0.2) is 4.90 Å². The van der Waals surface area contributed by atoms with E-state index >= 15 is 0 Å². The molecule has 1 heterocycles. The number of anilines is 1. The first-order chi connectivity index (χ1) is 12.7. The van der Waals surface area contributed by atoms with Crippen molar-refractivity contribution < 1.29 is 22.9 Å². The van der Waals surface area contributed by atoms with Crippen molar-refractivity contribution in [3.8, 4) is 0 Å². The molecule has 0 aliphatic carbocycles. The van der Waals surface area contributed by atoms with Crippen molar-refractivity contribution in [2.24, 2.45) is 5.14 Å². The lowest BCUT2D eigenvalue weighted by atomic mass is 10.2. The molecule has 0 radical (unpaired) electrons. The van der Waals surface area contributed by atoms with E-state index in [1.165, 1.54) is 6.07 Å². The highest BCUT2D eigenvalue weighted by Crippen LogP contribution is 2.38. The number of aryl methyl sites for hydroxylation is 1. The van der Waals surface area contributed by atoms with Gasteiger partial charge in [-0.1, -0.05) is 17.7 Å². The summed E-state index contributed by atoms with van der Waals surface area (Å²) in [6.45, 7) is 3.15. The van der Waals surface area contributed by atoms with E-state index in [0.29, 0.717) is 23.7 Å². The fourth-order valence-electron chi connectivity index (χ4n) is 3.08. The zero-order valence-corrected chi connectivity index (χ0v) is 16.3. The van der Waals surface area contributed by atoms with Crippen molar-refractivity contribution in [2.75, 3.05) is 18.0 Å². The third-order valence-corrected chi connectivity index (χ3v) is 7.02. The molecule has 9 heteroatoms. The van der Waals surface area contributed by atoms with Gasteiger partial charge in [0.05, 0.1) is 11.3 Å². The molecule has 1 fully saturated rings. The van der Waals surface area contributed by atoms with Crippen LogP contribution in [-0.4, -0.2) is 37.1 Å². The second kappa shape index (κ2) is 7.51. The SMILES string of the molecule is Cc1ccc([S+]([O-])c2c(N3CCCC3)cc(C(=O)O)cc2S(N)(=O)=O)cc1. The van der Waals surface area contributed by atoms with Gasteiger partial charge < -0.3 is 14.6 Å². The topological polar surface area (TPSA) is 124 Å². The molecule has 2 aromatic carbocycles. The number of carbonyl (C=O) groups is 1. The van der Waals surface area contributed by atoms with Gasteiger partial charge in [-0.05, 0) is 44.0 Å². The Morgan fingerprint density at radius 2 is 1.78 bits per heavy atom. The average Bonchev–Trinajstić information content (AvgIpc) is 3.14. The van der Waals surface area contributed by atoms with Crippen molar-refractivity contribution in [3.05, 3.63) is 47.5 Å². The van der Waals surface area contributed by atoms with Crippen molar-refractivity contribution in [1.29, 1.82) is 0 Å². The fourth-order valence-corrected chi connectivity index (χ4v) is 5.55. The van der Waals surface area contributed by atoms with Gasteiger partial charge >= 0.3 is 5.97 Å². The Hall–Kier alpha value is -2.07. The largest absolute Gasteiger partial charge is 0.606 e. The van der Waals surface area contributed by atoms with E-state index in [9.17, 15) is 22.9 Å². The second-order valence-electron chi connectivity index (χ2n) is 6.45. The summed E-state index contributed by atoms with van der Waals surface area (Å²) in [4.78, 5) is 13.4. The van der Waals surface area contributed by atoms with Crippen LogP contribution in [0.4, 0.5) is 5.69 Å². The minimum absolute atomic E-state index is 0.0354. The predicted octanol–water partition coefficient (Wildman–Crippen LogP) is 2.11. The fraction of sp³-hybridized carbons (Fsp3) is 0.278. The van der Waals surface area contributed by atoms with E-state index in [4.69, 9.17) is 5.14 Å². The Kier molecular flexibility index (Phi) is 5.48. The van der Waals surface area contributed by atoms with Crippen molar-refractivity contribution in [1.82, 2.24) is 0 Å². The summed E-state index contributed by atoms with van der Waals surface area (Å²) in [5.74, 6) is -1.27. The number of rotatable bonds is 5. The van der Waals surface area contributed by atoms with Crippen molar-refractivity contribution in [3.63, 3.8) is 0 Å². The third kappa shape index (κ3) is 4.11. The number of benzene rings is 2. The Bertz CT molecular complexity index is 968. The summed E-state index contributed by atoms with van der Waals surface area (Å²) < 4.78 is 37.7. The molecule has 0 amide bonds. The van der Waals surface area contributed by atoms with Crippen molar-refractivity contribution in [2.45, 2.75) is 34.5 Å². The van der Waals surface area contributed by atoms with Crippen molar-refractivity contribution >= 4 is 32.9 Å². The van der Waals surface area contributed by atoms with Gasteiger partial charge in [-0.2, -0.15) is 0 Å². The van der Waals surface area contributed by atoms with Crippen LogP contribution in [0.3, 0.4) is 0 Å². The summed E-state index contributed by atoms with van der Waals surface area (Å²) in [6.07, 6.45) is 1.78. The predicted molar refractivity (Wildman–Crippen MR) is 102 cm³/mol. The molecule has 144 valence electrons. The molecule has 27 heavy (non-hydrogen) atoms. The molecule has 2 aromatic rings. The average molecular weight is 409 g/mol. The lowest BCUT2D eigenvalue weighted by Gasteiger charge is -2.24. The van der Waals surface area contributed by atoms with Gasteiger partial charge in [0.25, 0.3) is 0 Å². The van der Waals surface area contributed by atoms with E-state index < -0.39 is 32.1 Å². The molecule has 7 nitrogen and oxygen atoms in total. The van der Waals surface area contributed by atoms with E-state index in [-0.39, 0.29) is 10.5 Å². The molecule has 0 bridgehead atoms. The number of primary sulfonamides is 1. The Morgan fingerprint density at radius 1 is 1.19 bits per heavy atom. The Labute approximate surface area is 161 Å². The van der Waals surface area contributed by atoms with Gasteiger partial charge in [0.2, 0.25) is 14.9 Å². The lowest BCUT2D eigenvalue weighted by Crippen LogP contribution is -2.25. The second-order valence-corrected chi connectivity index (χ2v) is 9.40. The molecule has 3 N–H and O–H groups in total. The number of hydrogen-bond donors (Lipinski definition) is 2. The molecule has 0 saturated carbocycles. The van der Waals surface area contributed by atoms with E-state index in [1.807, 2.05) is 11.8 Å². The molecular formula is C18H20N2O5S2. The lowest BCUT2D eigenvalue weighted by molar-refractivity contribution is 0.0696. The summed E-state index contributed by atoms with van der Waals surface area (Å²) >= 11 is -1.84. The molecule has 1 saturated heterocycles. The number of nitrogens with zero attached hydrogens (tertiary/aromatic N) is 1. The number of sulfonamides is 1. The zero-order chi connectivity index (χ0) is 19.8. The molecular weight excluding hydrogens is 388 g/mol. The monoisotopic (exact) mass is 408 g/mol. The molecule has 3 rings (SSSR count). The van der Waals surface area contributed by atoms with Gasteiger partial charge in [-0.25, -0.2) is 18.4 Å². The van der Waals surface area contributed by atoms with Gasteiger partial charge in [0, 0.05) is 24.3 Å². The van der Waals surface area contributed by atoms with Crippen LogP contribution in [-0.2, 0) is 21.2 Å². The molecule has 1 atom stereocenters. The number of hydrogen-bond acceptors (Lipinski definition) is 5. The highest BCUT2D eigenvalue weighted by Gasteiger charge is 2.33. The highest BCUT2D eigenvalue weighted by atomic mass is 32.2. The van der Waals surface area contributed by atoms with E-state index in [1.54, 1.807) is 24.3 Å².